The lowest BCUT2D eigenvalue weighted by Gasteiger charge is -2.11. The van der Waals surface area contributed by atoms with Crippen LogP contribution in [0.25, 0.3) is 5.69 Å². The topological polar surface area (TPSA) is 93.1 Å². The lowest BCUT2D eigenvalue weighted by atomic mass is 10.3. The van der Waals surface area contributed by atoms with Crippen LogP contribution in [0.2, 0.25) is 0 Å². The molecule has 1 amide bonds. The van der Waals surface area contributed by atoms with E-state index < -0.39 is 20.7 Å². The highest BCUT2D eigenvalue weighted by Crippen LogP contribution is 2.22. The number of carbonyl (C=O) groups is 1. The zero-order valence-electron chi connectivity index (χ0n) is 14.6. The van der Waals surface area contributed by atoms with Gasteiger partial charge in [0.05, 0.1) is 11.4 Å². The Morgan fingerprint density at radius 2 is 1.78 bits per heavy atom. The number of benzene rings is 2. The lowest BCUT2D eigenvalue weighted by molar-refractivity contribution is -0.114. The number of anilines is 2. The average molecular weight is 388 g/mol. The normalized spacial score (nSPS) is 11.2. The van der Waals surface area contributed by atoms with Crippen molar-refractivity contribution in [1.29, 1.82) is 0 Å². The minimum absolute atomic E-state index is 0.231. The molecule has 0 spiro atoms. The highest BCUT2D eigenvalue weighted by atomic mass is 32.2. The minimum atomic E-state index is -4.05. The SMILES string of the molecule is CC(=O)Nc1cc(C)nn1-c1ccc(NS(=O)(=O)c2ccccc2F)cc1. The molecule has 0 aliphatic carbocycles. The highest BCUT2D eigenvalue weighted by molar-refractivity contribution is 7.92. The summed E-state index contributed by atoms with van der Waals surface area (Å²) < 4.78 is 42.3. The summed E-state index contributed by atoms with van der Waals surface area (Å²) in [5, 5.41) is 6.99. The molecule has 1 aromatic heterocycles. The molecule has 1 heterocycles. The molecule has 0 radical (unpaired) electrons. The second kappa shape index (κ2) is 7.20. The Balaban J connectivity index is 1.87. The Morgan fingerprint density at radius 1 is 1.11 bits per heavy atom. The maximum Gasteiger partial charge on any atom is 0.264 e. The fraction of sp³-hybridized carbons (Fsp3) is 0.111. The highest BCUT2D eigenvalue weighted by Gasteiger charge is 2.18. The summed E-state index contributed by atoms with van der Waals surface area (Å²) in [6.45, 7) is 3.19. The first-order valence-electron chi connectivity index (χ1n) is 7.98. The molecule has 140 valence electrons. The van der Waals surface area contributed by atoms with E-state index >= 15 is 0 Å². The molecule has 0 bridgehead atoms. The second-order valence-corrected chi connectivity index (χ2v) is 7.50. The van der Waals surface area contributed by atoms with E-state index in [9.17, 15) is 17.6 Å². The number of nitrogens with one attached hydrogen (secondary N) is 2. The molecule has 7 nitrogen and oxygen atoms in total. The summed E-state index contributed by atoms with van der Waals surface area (Å²) >= 11 is 0. The van der Waals surface area contributed by atoms with Crippen molar-refractivity contribution in [3.63, 3.8) is 0 Å². The van der Waals surface area contributed by atoms with Gasteiger partial charge in [-0.2, -0.15) is 5.10 Å². The number of aryl methyl sites for hydroxylation is 1. The van der Waals surface area contributed by atoms with Gasteiger partial charge in [0, 0.05) is 18.7 Å². The average Bonchev–Trinajstić information content (AvgIpc) is 2.95. The molecule has 0 saturated carbocycles. The van der Waals surface area contributed by atoms with Crippen molar-refractivity contribution in [3.8, 4) is 5.69 Å². The van der Waals surface area contributed by atoms with E-state index in [2.05, 4.69) is 15.1 Å². The first-order chi connectivity index (χ1) is 12.8. The second-order valence-electron chi connectivity index (χ2n) is 5.85. The molecular weight excluding hydrogens is 371 g/mol. The molecule has 0 fully saturated rings. The van der Waals surface area contributed by atoms with E-state index in [0.717, 1.165) is 6.07 Å². The Kier molecular flexibility index (Phi) is 4.95. The zero-order valence-corrected chi connectivity index (χ0v) is 15.4. The van der Waals surface area contributed by atoms with E-state index in [4.69, 9.17) is 0 Å². The molecule has 9 heteroatoms. The van der Waals surface area contributed by atoms with Crippen LogP contribution in [0.3, 0.4) is 0 Å². The summed E-state index contributed by atoms with van der Waals surface area (Å²) in [5.41, 5.74) is 1.61. The number of nitrogens with zero attached hydrogens (tertiary/aromatic N) is 2. The van der Waals surface area contributed by atoms with E-state index in [1.807, 2.05) is 0 Å². The maximum atomic E-state index is 13.8. The molecule has 2 aromatic carbocycles. The number of carbonyl (C=O) groups excluding carboxylic acids is 1. The third kappa shape index (κ3) is 4.14. The van der Waals surface area contributed by atoms with Gasteiger partial charge in [-0.05, 0) is 43.3 Å². The van der Waals surface area contributed by atoms with Gasteiger partial charge in [0.25, 0.3) is 10.0 Å². The van der Waals surface area contributed by atoms with Crippen molar-refractivity contribution in [1.82, 2.24) is 9.78 Å². The van der Waals surface area contributed by atoms with Crippen LogP contribution in [0.4, 0.5) is 15.9 Å². The number of amides is 1. The van der Waals surface area contributed by atoms with Gasteiger partial charge in [0.15, 0.2) is 0 Å². The fourth-order valence-electron chi connectivity index (χ4n) is 2.51. The largest absolute Gasteiger partial charge is 0.311 e. The molecule has 0 aliphatic heterocycles. The number of hydrogen-bond acceptors (Lipinski definition) is 4. The standard InChI is InChI=1S/C18H17FN4O3S/c1-12-11-18(20-13(2)24)23(21-12)15-9-7-14(8-10-15)22-27(25,26)17-6-4-3-5-16(17)19/h3-11,22H,1-2H3,(H,20,24). The summed E-state index contributed by atoms with van der Waals surface area (Å²) in [6.07, 6.45) is 0. The van der Waals surface area contributed by atoms with Crippen LogP contribution in [0.15, 0.2) is 59.5 Å². The Labute approximate surface area is 155 Å². The molecule has 0 aliphatic rings. The minimum Gasteiger partial charge on any atom is -0.311 e. The van der Waals surface area contributed by atoms with Crippen molar-refractivity contribution in [3.05, 3.63) is 66.1 Å². The van der Waals surface area contributed by atoms with Gasteiger partial charge < -0.3 is 5.32 Å². The van der Waals surface area contributed by atoms with E-state index in [1.54, 1.807) is 25.1 Å². The predicted molar refractivity (Wildman–Crippen MR) is 99.8 cm³/mol. The van der Waals surface area contributed by atoms with Crippen molar-refractivity contribution in [2.24, 2.45) is 0 Å². The summed E-state index contributed by atoms with van der Waals surface area (Å²) in [4.78, 5) is 10.9. The van der Waals surface area contributed by atoms with E-state index in [1.165, 1.54) is 41.9 Å². The number of sulfonamides is 1. The smallest absolute Gasteiger partial charge is 0.264 e. The van der Waals surface area contributed by atoms with Crippen LogP contribution in [-0.4, -0.2) is 24.1 Å². The molecule has 2 N–H and O–H groups in total. The van der Waals surface area contributed by atoms with Crippen molar-refractivity contribution in [2.75, 3.05) is 10.0 Å². The molecule has 0 saturated heterocycles. The number of halogens is 1. The molecule has 0 atom stereocenters. The van der Waals surface area contributed by atoms with E-state index in [-0.39, 0.29) is 11.6 Å². The fourth-order valence-corrected chi connectivity index (χ4v) is 3.65. The van der Waals surface area contributed by atoms with Gasteiger partial charge in [-0.25, -0.2) is 17.5 Å². The van der Waals surface area contributed by atoms with Crippen LogP contribution in [-0.2, 0) is 14.8 Å². The number of aromatic nitrogens is 2. The molecular formula is C18H17FN4O3S. The van der Waals surface area contributed by atoms with Gasteiger partial charge in [-0.15, -0.1) is 0 Å². The van der Waals surface area contributed by atoms with Gasteiger partial charge >= 0.3 is 0 Å². The van der Waals surface area contributed by atoms with Crippen LogP contribution < -0.4 is 10.0 Å². The quantitative estimate of drug-likeness (QED) is 0.702. The van der Waals surface area contributed by atoms with Crippen LogP contribution >= 0.6 is 0 Å². The van der Waals surface area contributed by atoms with Gasteiger partial charge in [0.2, 0.25) is 5.91 Å². The number of rotatable bonds is 5. The first kappa shape index (κ1) is 18.6. The molecule has 0 unspecified atom stereocenters. The first-order valence-corrected chi connectivity index (χ1v) is 9.46. The van der Waals surface area contributed by atoms with Gasteiger partial charge in [0.1, 0.15) is 16.5 Å². The molecule has 3 rings (SSSR count). The summed E-state index contributed by atoms with van der Waals surface area (Å²) in [6, 6.07) is 13.2. The van der Waals surface area contributed by atoms with Crippen LogP contribution in [0, 0.1) is 12.7 Å². The lowest BCUT2D eigenvalue weighted by Crippen LogP contribution is -2.14. The summed E-state index contributed by atoms with van der Waals surface area (Å²) in [5.74, 6) is -0.557. The summed E-state index contributed by atoms with van der Waals surface area (Å²) in [7, 11) is -4.05. The van der Waals surface area contributed by atoms with E-state index in [0.29, 0.717) is 17.2 Å². The van der Waals surface area contributed by atoms with Crippen molar-refractivity contribution < 1.29 is 17.6 Å². The molecule has 27 heavy (non-hydrogen) atoms. The van der Waals surface area contributed by atoms with Crippen LogP contribution in [0.1, 0.15) is 12.6 Å². The van der Waals surface area contributed by atoms with Crippen molar-refractivity contribution in [2.45, 2.75) is 18.7 Å². The Bertz CT molecular complexity index is 1090. The predicted octanol–water partition coefficient (Wildman–Crippen LogP) is 3.08. The number of hydrogen-bond donors (Lipinski definition) is 2. The van der Waals surface area contributed by atoms with Crippen molar-refractivity contribution >= 4 is 27.4 Å². The third-order valence-corrected chi connectivity index (χ3v) is 5.04. The Hall–Kier alpha value is -3.20. The van der Waals surface area contributed by atoms with Gasteiger partial charge in [-0.3, -0.25) is 9.52 Å². The Morgan fingerprint density at radius 3 is 2.41 bits per heavy atom. The maximum absolute atomic E-state index is 13.8. The van der Waals surface area contributed by atoms with Gasteiger partial charge in [-0.1, -0.05) is 12.1 Å². The zero-order chi connectivity index (χ0) is 19.6. The molecule has 3 aromatic rings. The van der Waals surface area contributed by atoms with Crippen LogP contribution in [0.5, 0.6) is 0 Å². The monoisotopic (exact) mass is 388 g/mol. The third-order valence-electron chi connectivity index (χ3n) is 3.63.